The summed E-state index contributed by atoms with van der Waals surface area (Å²) in [4.78, 5) is 28.6. The number of hydrogen-bond donors (Lipinski definition) is 2. The quantitative estimate of drug-likeness (QED) is 0.417. The van der Waals surface area contributed by atoms with Crippen LogP contribution in [0.3, 0.4) is 0 Å². The number of halogens is 1. The van der Waals surface area contributed by atoms with Gasteiger partial charge in [0, 0.05) is 13.1 Å². The van der Waals surface area contributed by atoms with E-state index in [1.54, 1.807) is 42.7 Å². The molecule has 4 rings (SSSR count). The molecule has 8 heteroatoms. The van der Waals surface area contributed by atoms with Crippen LogP contribution in [0.2, 0.25) is 0 Å². The van der Waals surface area contributed by atoms with Crippen molar-refractivity contribution in [1.82, 2.24) is 20.2 Å². The number of imidazole rings is 1. The highest BCUT2D eigenvalue weighted by Crippen LogP contribution is 2.20. The summed E-state index contributed by atoms with van der Waals surface area (Å²) in [5.74, 6) is -0.758. The van der Waals surface area contributed by atoms with E-state index in [1.807, 2.05) is 28.8 Å². The number of esters is 1. The number of nitrogens with one attached hydrogen (secondary N) is 2. The summed E-state index contributed by atoms with van der Waals surface area (Å²) in [5.41, 5.74) is 3.84. The number of carbonyl (C=O) groups excluding carboxylic acids is 2. The van der Waals surface area contributed by atoms with Crippen molar-refractivity contribution in [3.05, 3.63) is 102 Å². The van der Waals surface area contributed by atoms with Gasteiger partial charge in [0.25, 0.3) is 0 Å². The molecule has 0 unspecified atom stereocenters. The standard InChI is InChI=1S/C25H23FN4O3/c1-33-24(31)19-8-6-17(7-9-19)14-27-25(32)29-22(18-10-12-20(26)13-11-18)15-30-16-28-21-4-2-3-5-23(21)30/h2-13,16,22H,14-15H2,1H3,(H2,27,29,32)/t22-/m1/s1. The normalized spacial score (nSPS) is 11.7. The monoisotopic (exact) mass is 446 g/mol. The number of aromatic nitrogens is 2. The fourth-order valence-electron chi connectivity index (χ4n) is 3.55. The lowest BCUT2D eigenvalue weighted by Gasteiger charge is -2.21. The van der Waals surface area contributed by atoms with Crippen molar-refractivity contribution in [2.75, 3.05) is 7.11 Å². The number of hydrogen-bond acceptors (Lipinski definition) is 4. The van der Waals surface area contributed by atoms with Gasteiger partial charge in [-0.1, -0.05) is 36.4 Å². The first-order valence-electron chi connectivity index (χ1n) is 10.4. The maximum atomic E-state index is 13.5. The number of rotatable bonds is 7. The Kier molecular flexibility index (Phi) is 6.64. The van der Waals surface area contributed by atoms with Crippen LogP contribution in [0, 0.1) is 5.82 Å². The Morgan fingerprint density at radius 3 is 2.48 bits per heavy atom. The summed E-state index contributed by atoms with van der Waals surface area (Å²) < 4.78 is 20.1. The van der Waals surface area contributed by atoms with Gasteiger partial charge in [-0.05, 0) is 47.5 Å². The molecule has 0 bridgehead atoms. The second kappa shape index (κ2) is 9.95. The predicted octanol–water partition coefficient (Wildman–Crippen LogP) is 4.20. The minimum Gasteiger partial charge on any atom is -0.465 e. The molecule has 1 atom stereocenters. The lowest BCUT2D eigenvalue weighted by Crippen LogP contribution is -2.39. The van der Waals surface area contributed by atoms with Crippen molar-refractivity contribution in [3.8, 4) is 0 Å². The van der Waals surface area contributed by atoms with E-state index < -0.39 is 12.0 Å². The first-order chi connectivity index (χ1) is 16.0. The van der Waals surface area contributed by atoms with Crippen molar-refractivity contribution in [2.24, 2.45) is 0 Å². The number of nitrogens with zero attached hydrogens (tertiary/aromatic N) is 2. The molecule has 2 amide bonds. The molecule has 0 spiro atoms. The number of amides is 2. The zero-order valence-electron chi connectivity index (χ0n) is 18.0. The molecule has 1 heterocycles. The van der Waals surface area contributed by atoms with E-state index in [-0.39, 0.29) is 18.4 Å². The minimum absolute atomic E-state index is 0.275. The van der Waals surface area contributed by atoms with Crippen molar-refractivity contribution in [1.29, 1.82) is 0 Å². The summed E-state index contributed by atoms with van der Waals surface area (Å²) in [5, 5.41) is 5.79. The summed E-state index contributed by atoms with van der Waals surface area (Å²) in [6.07, 6.45) is 1.73. The van der Waals surface area contributed by atoms with Gasteiger partial charge >= 0.3 is 12.0 Å². The van der Waals surface area contributed by atoms with Crippen LogP contribution in [0.5, 0.6) is 0 Å². The molecule has 4 aromatic rings. The van der Waals surface area contributed by atoms with Crippen molar-refractivity contribution < 1.29 is 18.7 Å². The molecule has 0 saturated heterocycles. The highest BCUT2D eigenvalue weighted by molar-refractivity contribution is 5.89. The number of fused-ring (bicyclic) bond motifs is 1. The summed E-state index contributed by atoms with van der Waals surface area (Å²) in [6.45, 7) is 0.699. The molecule has 1 aromatic heterocycles. The highest BCUT2D eigenvalue weighted by atomic mass is 19.1. The Labute approximate surface area is 190 Å². The number of ether oxygens (including phenoxy) is 1. The van der Waals surface area contributed by atoms with E-state index in [0.29, 0.717) is 12.1 Å². The van der Waals surface area contributed by atoms with Gasteiger partial charge in [0.15, 0.2) is 0 Å². The van der Waals surface area contributed by atoms with E-state index in [2.05, 4.69) is 20.4 Å². The number of benzene rings is 3. The Morgan fingerprint density at radius 2 is 1.76 bits per heavy atom. The zero-order valence-corrected chi connectivity index (χ0v) is 18.0. The second-order valence-corrected chi connectivity index (χ2v) is 7.51. The Hall–Kier alpha value is -4.20. The van der Waals surface area contributed by atoms with Gasteiger partial charge in [0.2, 0.25) is 0 Å². The molecule has 0 fully saturated rings. The summed E-state index contributed by atoms with van der Waals surface area (Å²) in [7, 11) is 1.33. The van der Waals surface area contributed by atoms with Gasteiger partial charge in [-0.25, -0.2) is 19.0 Å². The van der Waals surface area contributed by atoms with Crippen molar-refractivity contribution in [2.45, 2.75) is 19.1 Å². The molecule has 0 aliphatic carbocycles. The van der Waals surface area contributed by atoms with Crippen LogP contribution >= 0.6 is 0 Å². The first kappa shape index (κ1) is 22.0. The Balaban J connectivity index is 1.46. The average molecular weight is 446 g/mol. The van der Waals surface area contributed by atoms with E-state index >= 15 is 0 Å². The van der Waals surface area contributed by atoms with Gasteiger partial charge in [0.1, 0.15) is 5.82 Å². The van der Waals surface area contributed by atoms with Crippen LogP contribution < -0.4 is 10.6 Å². The fourth-order valence-corrected chi connectivity index (χ4v) is 3.55. The fraction of sp³-hybridized carbons (Fsp3) is 0.160. The lowest BCUT2D eigenvalue weighted by atomic mass is 10.1. The third-order valence-corrected chi connectivity index (χ3v) is 5.31. The average Bonchev–Trinajstić information content (AvgIpc) is 3.25. The van der Waals surface area contributed by atoms with E-state index in [4.69, 9.17) is 0 Å². The molecule has 2 N–H and O–H groups in total. The van der Waals surface area contributed by atoms with Crippen LogP contribution in [0.4, 0.5) is 9.18 Å². The number of para-hydroxylation sites is 2. The molecule has 3 aromatic carbocycles. The van der Waals surface area contributed by atoms with Gasteiger partial charge in [-0.2, -0.15) is 0 Å². The van der Waals surface area contributed by atoms with E-state index in [1.165, 1.54) is 19.2 Å². The van der Waals surface area contributed by atoms with Crippen LogP contribution in [0.25, 0.3) is 11.0 Å². The Morgan fingerprint density at radius 1 is 1.03 bits per heavy atom. The number of carbonyl (C=O) groups is 2. The van der Waals surface area contributed by atoms with Crippen molar-refractivity contribution in [3.63, 3.8) is 0 Å². The summed E-state index contributed by atoms with van der Waals surface area (Å²) >= 11 is 0. The molecule has 33 heavy (non-hydrogen) atoms. The molecule has 0 radical (unpaired) electrons. The molecule has 0 aliphatic heterocycles. The zero-order chi connectivity index (χ0) is 23.2. The molecular formula is C25H23FN4O3. The first-order valence-corrected chi connectivity index (χ1v) is 10.4. The van der Waals surface area contributed by atoms with E-state index in [0.717, 1.165) is 22.2 Å². The van der Waals surface area contributed by atoms with Gasteiger partial charge in [0.05, 0.1) is 36.1 Å². The van der Waals surface area contributed by atoms with Gasteiger partial charge < -0.3 is 19.9 Å². The number of methoxy groups -OCH3 is 1. The smallest absolute Gasteiger partial charge is 0.337 e. The predicted molar refractivity (Wildman–Crippen MR) is 122 cm³/mol. The van der Waals surface area contributed by atoms with Crippen molar-refractivity contribution >= 4 is 23.0 Å². The third kappa shape index (κ3) is 5.35. The SMILES string of the molecule is COC(=O)c1ccc(CNC(=O)N[C@H](Cn2cnc3ccccc32)c2ccc(F)cc2)cc1. The minimum atomic E-state index is -0.415. The molecule has 7 nitrogen and oxygen atoms in total. The van der Waals surface area contributed by atoms with Gasteiger partial charge in [-0.3, -0.25) is 0 Å². The maximum absolute atomic E-state index is 13.5. The van der Waals surface area contributed by atoms with Gasteiger partial charge in [-0.15, -0.1) is 0 Å². The highest BCUT2D eigenvalue weighted by Gasteiger charge is 2.17. The maximum Gasteiger partial charge on any atom is 0.337 e. The van der Waals surface area contributed by atoms with Crippen LogP contribution in [-0.4, -0.2) is 28.7 Å². The molecule has 0 saturated carbocycles. The molecule has 0 aliphatic rings. The second-order valence-electron chi connectivity index (χ2n) is 7.51. The lowest BCUT2D eigenvalue weighted by molar-refractivity contribution is 0.0600. The number of urea groups is 1. The Bertz CT molecular complexity index is 1250. The van der Waals surface area contributed by atoms with Crippen LogP contribution in [0.1, 0.15) is 27.5 Å². The molecular weight excluding hydrogens is 423 g/mol. The van der Waals surface area contributed by atoms with Crippen LogP contribution in [-0.2, 0) is 17.8 Å². The topological polar surface area (TPSA) is 85.2 Å². The summed E-state index contributed by atoms with van der Waals surface area (Å²) in [6, 6.07) is 19.8. The van der Waals surface area contributed by atoms with Crippen LogP contribution in [0.15, 0.2) is 79.1 Å². The molecule has 168 valence electrons. The van der Waals surface area contributed by atoms with E-state index in [9.17, 15) is 14.0 Å². The largest absolute Gasteiger partial charge is 0.465 e. The third-order valence-electron chi connectivity index (χ3n) is 5.31.